The van der Waals surface area contributed by atoms with E-state index in [2.05, 4.69) is 0 Å². The summed E-state index contributed by atoms with van der Waals surface area (Å²) in [4.78, 5) is 0. The topological polar surface area (TPSA) is 18.5 Å². The van der Waals surface area contributed by atoms with Crippen LogP contribution in [0.3, 0.4) is 0 Å². The largest absolute Gasteiger partial charge is 0.497 e. The van der Waals surface area contributed by atoms with Crippen LogP contribution in [0.4, 0.5) is 0 Å². The lowest BCUT2D eigenvalue weighted by atomic mass is 10.0. The fourth-order valence-electron chi connectivity index (χ4n) is 1.90. The fraction of sp³-hybridized carbons (Fsp3) is 0.250. The van der Waals surface area contributed by atoms with E-state index in [4.69, 9.17) is 21.1 Å². The normalized spacial score (nSPS) is 11.9. The van der Waals surface area contributed by atoms with E-state index < -0.39 is 0 Å². The van der Waals surface area contributed by atoms with Crippen LogP contribution in [0.15, 0.2) is 48.5 Å². The van der Waals surface area contributed by atoms with Gasteiger partial charge in [-0.3, -0.25) is 0 Å². The summed E-state index contributed by atoms with van der Waals surface area (Å²) < 4.78 is 10.3. The Balaban J connectivity index is 2.04. The Morgan fingerprint density at radius 1 is 0.842 bits per heavy atom. The first-order chi connectivity index (χ1) is 9.22. The van der Waals surface area contributed by atoms with Crippen LogP contribution < -0.4 is 9.47 Å². The lowest BCUT2D eigenvalue weighted by molar-refractivity contribution is 0.414. The monoisotopic (exact) mass is 276 g/mol. The molecule has 100 valence electrons. The van der Waals surface area contributed by atoms with Gasteiger partial charge in [-0.15, -0.1) is 11.6 Å². The first-order valence-corrected chi connectivity index (χ1v) is 6.57. The molecule has 0 aliphatic carbocycles. The van der Waals surface area contributed by atoms with Gasteiger partial charge in [0.2, 0.25) is 0 Å². The first kappa shape index (κ1) is 13.8. The second-order valence-corrected chi connectivity index (χ2v) is 4.82. The fourth-order valence-corrected chi connectivity index (χ4v) is 2.22. The maximum absolute atomic E-state index is 6.44. The number of hydrogen-bond donors (Lipinski definition) is 0. The van der Waals surface area contributed by atoms with Gasteiger partial charge in [-0.2, -0.15) is 0 Å². The van der Waals surface area contributed by atoms with Crippen molar-refractivity contribution in [3.8, 4) is 11.5 Å². The highest BCUT2D eigenvalue weighted by molar-refractivity contribution is 6.20. The Hall–Kier alpha value is -1.67. The molecule has 0 fully saturated rings. The van der Waals surface area contributed by atoms with Crippen LogP contribution in [-0.4, -0.2) is 14.2 Å². The molecule has 0 spiro atoms. The van der Waals surface area contributed by atoms with E-state index in [1.54, 1.807) is 14.2 Å². The third-order valence-corrected chi connectivity index (χ3v) is 3.46. The van der Waals surface area contributed by atoms with Crippen LogP contribution in [0.25, 0.3) is 0 Å². The molecule has 19 heavy (non-hydrogen) atoms. The smallest absolute Gasteiger partial charge is 0.118 e. The Labute approximate surface area is 118 Å². The molecule has 0 heterocycles. The summed E-state index contributed by atoms with van der Waals surface area (Å²) in [6.07, 6.45) is 0.790. The van der Waals surface area contributed by atoms with Crippen LogP contribution in [0.2, 0.25) is 0 Å². The first-order valence-electron chi connectivity index (χ1n) is 6.14. The molecule has 2 aromatic carbocycles. The van der Waals surface area contributed by atoms with Crippen LogP contribution in [0, 0.1) is 0 Å². The van der Waals surface area contributed by atoms with Crippen molar-refractivity contribution in [1.82, 2.24) is 0 Å². The van der Waals surface area contributed by atoms with Gasteiger partial charge in [0.05, 0.1) is 19.6 Å². The number of methoxy groups -OCH3 is 2. The number of hydrogen-bond acceptors (Lipinski definition) is 2. The third kappa shape index (κ3) is 3.65. The van der Waals surface area contributed by atoms with E-state index in [0.29, 0.717) is 0 Å². The molecule has 0 saturated heterocycles. The van der Waals surface area contributed by atoms with Crippen molar-refractivity contribution in [2.24, 2.45) is 0 Å². The third-order valence-electron chi connectivity index (χ3n) is 3.05. The molecule has 3 heteroatoms. The van der Waals surface area contributed by atoms with Crippen LogP contribution in [0.1, 0.15) is 16.5 Å². The van der Waals surface area contributed by atoms with E-state index in [-0.39, 0.29) is 5.38 Å². The highest BCUT2D eigenvalue weighted by Crippen LogP contribution is 2.27. The quantitative estimate of drug-likeness (QED) is 0.761. The van der Waals surface area contributed by atoms with Crippen molar-refractivity contribution in [2.45, 2.75) is 11.8 Å². The predicted octanol–water partition coefficient (Wildman–Crippen LogP) is 4.23. The number of ether oxygens (including phenoxy) is 2. The molecule has 0 N–H and O–H groups in total. The minimum Gasteiger partial charge on any atom is -0.497 e. The average molecular weight is 277 g/mol. The van der Waals surface area contributed by atoms with Crippen molar-refractivity contribution in [3.63, 3.8) is 0 Å². The minimum atomic E-state index is -0.0423. The van der Waals surface area contributed by atoms with Gasteiger partial charge in [0.15, 0.2) is 0 Å². The zero-order valence-electron chi connectivity index (χ0n) is 11.1. The summed E-state index contributed by atoms with van der Waals surface area (Å²) >= 11 is 6.44. The van der Waals surface area contributed by atoms with E-state index >= 15 is 0 Å². The number of halogens is 1. The molecule has 0 aliphatic rings. The van der Waals surface area contributed by atoms with Gasteiger partial charge in [0, 0.05) is 0 Å². The summed E-state index contributed by atoms with van der Waals surface area (Å²) in [6.45, 7) is 0. The van der Waals surface area contributed by atoms with Crippen molar-refractivity contribution in [1.29, 1.82) is 0 Å². The Morgan fingerprint density at radius 3 is 1.79 bits per heavy atom. The van der Waals surface area contributed by atoms with Gasteiger partial charge in [-0.05, 0) is 41.8 Å². The van der Waals surface area contributed by atoms with Gasteiger partial charge in [0.25, 0.3) is 0 Å². The van der Waals surface area contributed by atoms with E-state index in [9.17, 15) is 0 Å². The van der Waals surface area contributed by atoms with Crippen molar-refractivity contribution in [3.05, 3.63) is 59.7 Å². The molecule has 0 saturated carbocycles. The van der Waals surface area contributed by atoms with Gasteiger partial charge < -0.3 is 9.47 Å². The molecule has 2 nitrogen and oxygen atoms in total. The number of alkyl halides is 1. The molecule has 0 aromatic heterocycles. The van der Waals surface area contributed by atoms with Gasteiger partial charge >= 0.3 is 0 Å². The molecule has 1 unspecified atom stereocenters. The standard InChI is InChI=1S/C16H17ClO2/c1-18-14-7-3-12(4-8-14)11-16(17)13-5-9-15(19-2)10-6-13/h3-10,16H,11H2,1-2H3. The Bertz CT molecular complexity index is 505. The van der Waals surface area contributed by atoms with Crippen LogP contribution >= 0.6 is 11.6 Å². The van der Waals surface area contributed by atoms with Crippen molar-refractivity contribution < 1.29 is 9.47 Å². The highest BCUT2D eigenvalue weighted by Gasteiger charge is 2.09. The van der Waals surface area contributed by atoms with E-state index in [1.807, 2.05) is 48.5 Å². The number of rotatable bonds is 5. The molecule has 2 rings (SSSR count). The van der Waals surface area contributed by atoms with E-state index in [1.165, 1.54) is 5.56 Å². The molecule has 2 aromatic rings. The van der Waals surface area contributed by atoms with E-state index in [0.717, 1.165) is 23.5 Å². The number of benzene rings is 2. The van der Waals surface area contributed by atoms with Crippen molar-refractivity contribution >= 4 is 11.6 Å². The zero-order valence-corrected chi connectivity index (χ0v) is 11.9. The molecule has 0 bridgehead atoms. The lowest BCUT2D eigenvalue weighted by Crippen LogP contribution is -1.96. The second kappa shape index (κ2) is 6.48. The summed E-state index contributed by atoms with van der Waals surface area (Å²) in [5.74, 6) is 1.70. The second-order valence-electron chi connectivity index (χ2n) is 4.29. The summed E-state index contributed by atoms with van der Waals surface area (Å²) in [5.41, 5.74) is 2.29. The molecule has 0 amide bonds. The zero-order chi connectivity index (χ0) is 13.7. The molecule has 0 aliphatic heterocycles. The highest BCUT2D eigenvalue weighted by atomic mass is 35.5. The van der Waals surface area contributed by atoms with Gasteiger partial charge in [0.1, 0.15) is 11.5 Å². The van der Waals surface area contributed by atoms with Gasteiger partial charge in [-0.25, -0.2) is 0 Å². The Kier molecular flexibility index (Phi) is 4.69. The molecule has 1 atom stereocenters. The van der Waals surface area contributed by atoms with Crippen LogP contribution in [0.5, 0.6) is 11.5 Å². The SMILES string of the molecule is COc1ccc(CC(Cl)c2ccc(OC)cc2)cc1. The summed E-state index contributed by atoms with van der Waals surface area (Å²) in [5, 5.41) is -0.0423. The predicted molar refractivity (Wildman–Crippen MR) is 78.3 cm³/mol. The summed E-state index contributed by atoms with van der Waals surface area (Å²) in [6, 6.07) is 15.8. The molecule has 0 radical (unpaired) electrons. The van der Waals surface area contributed by atoms with Gasteiger partial charge in [-0.1, -0.05) is 24.3 Å². The molecular weight excluding hydrogens is 260 g/mol. The maximum atomic E-state index is 6.44. The van der Waals surface area contributed by atoms with Crippen LogP contribution in [-0.2, 0) is 6.42 Å². The molecular formula is C16H17ClO2. The maximum Gasteiger partial charge on any atom is 0.118 e. The minimum absolute atomic E-state index is 0.0423. The van der Waals surface area contributed by atoms with Crippen molar-refractivity contribution in [2.75, 3.05) is 14.2 Å². The average Bonchev–Trinajstić information content (AvgIpc) is 2.48. The lowest BCUT2D eigenvalue weighted by Gasteiger charge is -2.11. The summed E-state index contributed by atoms with van der Waals surface area (Å²) in [7, 11) is 3.32. The Morgan fingerprint density at radius 2 is 1.32 bits per heavy atom.